The van der Waals surface area contributed by atoms with Crippen molar-refractivity contribution in [2.24, 2.45) is 0 Å². The molecule has 2 aliphatic heterocycles. The van der Waals surface area contributed by atoms with Gasteiger partial charge in [-0.15, -0.1) is 0 Å². The van der Waals surface area contributed by atoms with Crippen molar-refractivity contribution in [2.75, 3.05) is 39.6 Å². The second-order valence-corrected chi connectivity index (χ2v) is 8.31. The van der Waals surface area contributed by atoms with E-state index in [1.54, 1.807) is 0 Å². The smallest absolute Gasteiger partial charge is 0.167 e. The van der Waals surface area contributed by atoms with Gasteiger partial charge in [-0.05, 0) is 36.8 Å². The van der Waals surface area contributed by atoms with E-state index in [9.17, 15) is 0 Å². The number of aryl methyl sites for hydroxylation is 2. The number of aromatic nitrogens is 2. The Morgan fingerprint density at radius 1 is 0.788 bits per heavy atom. The molecule has 4 rings (SSSR count). The summed E-state index contributed by atoms with van der Waals surface area (Å²) in [5.74, 6) is 0. The van der Waals surface area contributed by atoms with Crippen molar-refractivity contribution < 1.29 is 46.4 Å². The monoisotopic (exact) mass is 484 g/mol. The van der Waals surface area contributed by atoms with Gasteiger partial charge >= 0.3 is 0 Å². The van der Waals surface area contributed by atoms with Crippen LogP contribution in [0.25, 0.3) is 0 Å². The third-order valence-electron chi connectivity index (χ3n) is 4.52. The van der Waals surface area contributed by atoms with Gasteiger partial charge < -0.3 is 28.1 Å². The molecule has 0 radical (unpaired) electrons. The minimum Gasteiger partial charge on any atom is -0.759 e. The first-order valence-corrected chi connectivity index (χ1v) is 12.2. The van der Waals surface area contributed by atoms with Crippen LogP contribution in [0.2, 0.25) is 0 Å². The predicted molar refractivity (Wildman–Crippen MR) is 114 cm³/mol. The molecular formula is C22H32N2O8S. The fraction of sp³-hybridized carbons (Fsp3) is 0.545. The molecular weight excluding hydrogens is 452 g/mol. The molecule has 0 aromatic carbocycles. The second-order valence-electron chi connectivity index (χ2n) is 7.49. The maximum atomic E-state index is 8.52. The van der Waals surface area contributed by atoms with Crippen molar-refractivity contribution in [3.8, 4) is 0 Å². The molecule has 0 spiro atoms. The number of aromatic amines is 2. The van der Waals surface area contributed by atoms with Gasteiger partial charge in [0.05, 0.1) is 26.4 Å². The number of pyridine rings is 2. The number of epoxide rings is 2. The first-order valence-electron chi connectivity index (χ1n) is 10.9. The Morgan fingerprint density at radius 3 is 1.42 bits per heavy atom. The lowest BCUT2D eigenvalue weighted by molar-refractivity contribution is -0.378. The van der Waals surface area contributed by atoms with Crippen molar-refractivity contribution in [3.63, 3.8) is 0 Å². The van der Waals surface area contributed by atoms with Crippen LogP contribution in [-0.4, -0.2) is 69.4 Å². The van der Waals surface area contributed by atoms with Gasteiger partial charge in [-0.25, -0.2) is 9.97 Å². The van der Waals surface area contributed by atoms with Crippen molar-refractivity contribution >= 4 is 10.4 Å². The molecule has 2 fully saturated rings. The summed E-state index contributed by atoms with van der Waals surface area (Å²) in [7, 11) is -5.17. The van der Waals surface area contributed by atoms with Crippen LogP contribution in [0.15, 0.2) is 49.1 Å². The van der Waals surface area contributed by atoms with Crippen LogP contribution >= 0.6 is 0 Å². The molecule has 0 bridgehead atoms. The lowest BCUT2D eigenvalue weighted by Gasteiger charge is -2.06. The molecule has 10 nitrogen and oxygen atoms in total. The highest BCUT2D eigenvalue weighted by molar-refractivity contribution is 7.79. The Labute approximate surface area is 194 Å². The van der Waals surface area contributed by atoms with Crippen LogP contribution < -0.4 is 9.97 Å². The normalized spacial score (nSPS) is 18.4. The van der Waals surface area contributed by atoms with Gasteiger partial charge in [-0.1, -0.05) is 0 Å². The molecule has 0 aliphatic carbocycles. The minimum absolute atomic E-state index is 0.387. The van der Waals surface area contributed by atoms with E-state index >= 15 is 0 Å². The molecule has 11 heteroatoms. The molecule has 2 aromatic heterocycles. The molecule has 2 atom stereocenters. The van der Waals surface area contributed by atoms with E-state index in [2.05, 4.69) is 34.2 Å². The van der Waals surface area contributed by atoms with E-state index < -0.39 is 10.4 Å². The molecule has 2 unspecified atom stereocenters. The molecule has 2 N–H and O–H groups in total. The number of nitrogens with one attached hydrogen (secondary N) is 2. The Hall–Kier alpha value is -1.99. The molecule has 2 aliphatic rings. The number of H-pyrrole nitrogens is 2. The van der Waals surface area contributed by atoms with Crippen molar-refractivity contribution in [1.82, 2.24) is 0 Å². The Balaban J connectivity index is 0.000000195. The van der Waals surface area contributed by atoms with Gasteiger partial charge in [-0.2, -0.15) is 0 Å². The predicted octanol–water partition coefficient (Wildman–Crippen LogP) is 0.359. The Kier molecular flexibility index (Phi) is 13.0. The fourth-order valence-corrected chi connectivity index (χ4v) is 2.63. The summed E-state index contributed by atoms with van der Waals surface area (Å²) in [6.45, 7) is 4.93. The van der Waals surface area contributed by atoms with Crippen molar-refractivity contribution in [3.05, 3.63) is 60.2 Å². The average molecular weight is 485 g/mol. The molecule has 0 amide bonds. The summed E-state index contributed by atoms with van der Waals surface area (Å²) in [4.78, 5) is 6.05. The summed E-state index contributed by atoms with van der Waals surface area (Å²) in [5, 5.41) is 0. The summed E-state index contributed by atoms with van der Waals surface area (Å²) < 4.78 is 54.9. The number of rotatable bonds is 12. The molecule has 2 aromatic rings. The highest BCUT2D eigenvalue weighted by Gasteiger charge is 2.22. The first kappa shape index (κ1) is 27.3. The van der Waals surface area contributed by atoms with E-state index in [1.807, 2.05) is 24.8 Å². The van der Waals surface area contributed by atoms with E-state index in [-0.39, 0.29) is 0 Å². The lowest BCUT2D eigenvalue weighted by Crippen LogP contribution is -2.05. The van der Waals surface area contributed by atoms with E-state index in [0.29, 0.717) is 12.2 Å². The largest absolute Gasteiger partial charge is 0.759 e. The van der Waals surface area contributed by atoms with Gasteiger partial charge in [0.2, 0.25) is 0 Å². The summed E-state index contributed by atoms with van der Waals surface area (Å²) in [5.41, 5.74) is 2.74. The third kappa shape index (κ3) is 18.2. The molecule has 33 heavy (non-hydrogen) atoms. The topological polar surface area (TPSA) is 152 Å². The minimum atomic E-state index is -5.17. The van der Waals surface area contributed by atoms with Gasteiger partial charge in [-0.3, -0.25) is 8.42 Å². The van der Waals surface area contributed by atoms with Crippen LogP contribution in [0.1, 0.15) is 24.0 Å². The zero-order chi connectivity index (χ0) is 23.8. The highest BCUT2D eigenvalue weighted by atomic mass is 32.3. The number of hydrogen-bond acceptors (Lipinski definition) is 8. The van der Waals surface area contributed by atoms with Crippen LogP contribution in [0, 0.1) is 0 Å². The number of unbranched alkanes of at least 4 members (excludes halogenated alkanes) is 1. The third-order valence-corrected chi connectivity index (χ3v) is 4.52. The van der Waals surface area contributed by atoms with E-state index in [0.717, 1.165) is 65.3 Å². The van der Waals surface area contributed by atoms with E-state index in [1.165, 1.54) is 11.1 Å². The first-order chi connectivity index (χ1) is 15.9. The zero-order valence-electron chi connectivity index (χ0n) is 18.5. The summed E-state index contributed by atoms with van der Waals surface area (Å²) in [6, 6.07) is 8.48. The molecule has 2 saturated heterocycles. The van der Waals surface area contributed by atoms with Gasteiger partial charge in [0.1, 0.15) is 12.2 Å². The van der Waals surface area contributed by atoms with Gasteiger partial charge in [0.25, 0.3) is 0 Å². The quantitative estimate of drug-likeness (QED) is 0.181. The van der Waals surface area contributed by atoms with Gasteiger partial charge in [0.15, 0.2) is 24.8 Å². The van der Waals surface area contributed by atoms with E-state index in [4.69, 9.17) is 36.5 Å². The SMILES string of the molecule is C(CCOCC1CO1)COCC1CO1.O=S(=O)([O-])[O-].c1cc(CCc2cc[nH+]cc2)cc[nH+]1. The van der Waals surface area contributed by atoms with Crippen LogP contribution in [0.5, 0.6) is 0 Å². The fourth-order valence-electron chi connectivity index (χ4n) is 2.63. The molecule has 4 heterocycles. The van der Waals surface area contributed by atoms with Crippen molar-refractivity contribution in [2.45, 2.75) is 37.9 Å². The lowest BCUT2D eigenvalue weighted by atomic mass is 10.1. The van der Waals surface area contributed by atoms with Gasteiger partial charge in [0, 0.05) is 47.9 Å². The molecule has 0 saturated carbocycles. The standard InChI is InChI=1S/C12H12N2.C10H18O4.H2O4S/c1(11-3-7-13-8-4-11)2-12-5-9-14-10-6-12;1(3-11-5-9-7-13-9)2-4-12-6-10-8-14-10;1-5(2,3)4/h3-10H,1-2H2;9-10H,1-8H2;(H2,1,2,3,4). The number of ether oxygens (including phenoxy) is 4. The maximum absolute atomic E-state index is 8.52. The maximum Gasteiger partial charge on any atom is 0.167 e. The van der Waals surface area contributed by atoms with Crippen LogP contribution in [-0.2, 0) is 42.2 Å². The molecule has 184 valence electrons. The second kappa shape index (κ2) is 15.8. The van der Waals surface area contributed by atoms with Crippen LogP contribution in [0.3, 0.4) is 0 Å². The zero-order valence-corrected chi connectivity index (χ0v) is 19.3. The number of hydrogen-bond donors (Lipinski definition) is 0. The summed E-state index contributed by atoms with van der Waals surface area (Å²) in [6.07, 6.45) is 13.0. The highest BCUT2D eigenvalue weighted by Crippen LogP contribution is 2.10. The van der Waals surface area contributed by atoms with Crippen molar-refractivity contribution in [1.29, 1.82) is 0 Å². The Bertz CT molecular complexity index is 782. The van der Waals surface area contributed by atoms with Crippen LogP contribution in [0.4, 0.5) is 0 Å². The summed E-state index contributed by atoms with van der Waals surface area (Å²) >= 11 is 0. The Morgan fingerprint density at radius 2 is 1.12 bits per heavy atom. The average Bonchev–Trinajstić information content (AvgIpc) is 3.71.